The van der Waals surface area contributed by atoms with Crippen molar-refractivity contribution in [2.45, 2.75) is 44.6 Å². The first kappa shape index (κ1) is 14.1. The highest BCUT2D eigenvalue weighted by Gasteiger charge is 2.15. The minimum atomic E-state index is 0.129. The summed E-state index contributed by atoms with van der Waals surface area (Å²) in [5, 5.41) is 0. The largest absolute Gasteiger partial charge is 0.497 e. The molecular weight excluding hydrogens is 236 g/mol. The van der Waals surface area contributed by atoms with Gasteiger partial charge >= 0.3 is 0 Å². The van der Waals surface area contributed by atoms with E-state index in [4.69, 9.17) is 10.6 Å². The molecule has 0 radical (unpaired) electrons. The Balaban J connectivity index is 2.16. The van der Waals surface area contributed by atoms with Gasteiger partial charge in [0, 0.05) is 0 Å². The quantitative estimate of drug-likeness (QED) is 0.495. The Bertz CT molecular complexity index is 411. The van der Waals surface area contributed by atoms with Crippen LogP contribution < -0.4 is 16.0 Å². The van der Waals surface area contributed by atoms with Gasteiger partial charge in [-0.05, 0) is 43.4 Å². The number of hydrogen-bond acceptors (Lipinski definition) is 3. The van der Waals surface area contributed by atoms with E-state index >= 15 is 0 Å². The summed E-state index contributed by atoms with van der Waals surface area (Å²) in [5.41, 5.74) is 5.59. The van der Waals surface area contributed by atoms with Gasteiger partial charge in [0.2, 0.25) is 0 Å². The number of benzene rings is 1. The van der Waals surface area contributed by atoms with Gasteiger partial charge in [-0.1, -0.05) is 36.6 Å². The summed E-state index contributed by atoms with van der Waals surface area (Å²) in [7, 11) is 1.69. The summed E-state index contributed by atoms with van der Waals surface area (Å²) >= 11 is 0. The maximum atomic E-state index is 5.77. The molecule has 1 unspecified atom stereocenters. The van der Waals surface area contributed by atoms with Crippen LogP contribution in [-0.2, 0) is 0 Å². The van der Waals surface area contributed by atoms with Crippen LogP contribution in [0.15, 0.2) is 35.9 Å². The van der Waals surface area contributed by atoms with Crippen molar-refractivity contribution in [3.05, 3.63) is 41.5 Å². The maximum absolute atomic E-state index is 5.77. The maximum Gasteiger partial charge on any atom is 0.118 e. The van der Waals surface area contributed by atoms with Crippen LogP contribution >= 0.6 is 0 Å². The van der Waals surface area contributed by atoms with Crippen molar-refractivity contribution in [1.29, 1.82) is 0 Å². The van der Waals surface area contributed by atoms with Crippen molar-refractivity contribution in [3.63, 3.8) is 0 Å². The molecule has 1 aliphatic carbocycles. The Labute approximate surface area is 115 Å². The van der Waals surface area contributed by atoms with Crippen LogP contribution in [0.5, 0.6) is 5.75 Å². The average molecular weight is 260 g/mol. The molecule has 3 nitrogen and oxygen atoms in total. The van der Waals surface area contributed by atoms with Crippen LogP contribution in [0.4, 0.5) is 0 Å². The highest BCUT2D eigenvalue weighted by Crippen LogP contribution is 2.29. The standard InChI is InChI=1S/C16H24N2O/c1-19-15-11-9-14(10-12-15)16(18-17)13-7-5-3-2-4-6-8-13/h7,9-12,16,18H,2-6,8,17H2,1H3/b13-7+. The average Bonchev–Trinajstić information content (AvgIpc) is 2.42. The molecule has 19 heavy (non-hydrogen) atoms. The molecule has 0 saturated heterocycles. The second-order valence-electron chi connectivity index (χ2n) is 5.10. The van der Waals surface area contributed by atoms with Crippen molar-refractivity contribution in [3.8, 4) is 5.75 Å². The molecule has 0 bridgehead atoms. The van der Waals surface area contributed by atoms with Crippen molar-refractivity contribution in [2.75, 3.05) is 7.11 Å². The molecule has 0 fully saturated rings. The Morgan fingerprint density at radius 3 is 2.53 bits per heavy atom. The molecule has 1 aromatic carbocycles. The lowest BCUT2D eigenvalue weighted by Crippen LogP contribution is -2.29. The first-order valence-corrected chi connectivity index (χ1v) is 7.14. The van der Waals surface area contributed by atoms with Crippen LogP contribution in [-0.4, -0.2) is 7.11 Å². The molecular formula is C16H24N2O. The van der Waals surface area contributed by atoms with Crippen molar-refractivity contribution in [1.82, 2.24) is 5.43 Å². The molecule has 0 saturated carbocycles. The highest BCUT2D eigenvalue weighted by atomic mass is 16.5. The normalized spacial score (nSPS) is 20.8. The summed E-state index contributed by atoms with van der Waals surface area (Å²) in [6.07, 6.45) is 9.92. The molecule has 2 rings (SSSR count). The molecule has 0 aliphatic heterocycles. The van der Waals surface area contributed by atoms with E-state index < -0.39 is 0 Å². The van der Waals surface area contributed by atoms with Crippen LogP contribution in [0.1, 0.15) is 50.1 Å². The topological polar surface area (TPSA) is 47.3 Å². The Morgan fingerprint density at radius 1 is 1.11 bits per heavy atom. The Kier molecular flexibility index (Phi) is 5.43. The minimum absolute atomic E-state index is 0.129. The van der Waals surface area contributed by atoms with Gasteiger partial charge in [0.05, 0.1) is 13.2 Å². The summed E-state index contributed by atoms with van der Waals surface area (Å²) in [6.45, 7) is 0. The van der Waals surface area contributed by atoms with Gasteiger partial charge in [0.15, 0.2) is 0 Å². The molecule has 3 heteroatoms. The van der Waals surface area contributed by atoms with Gasteiger partial charge in [0.1, 0.15) is 5.75 Å². The third-order valence-corrected chi connectivity index (χ3v) is 3.81. The molecule has 1 aliphatic rings. The third-order valence-electron chi connectivity index (χ3n) is 3.81. The molecule has 3 N–H and O–H groups in total. The molecule has 0 aromatic heterocycles. The van der Waals surface area contributed by atoms with E-state index in [0.717, 1.165) is 12.2 Å². The van der Waals surface area contributed by atoms with Crippen LogP contribution in [0, 0.1) is 0 Å². The molecule has 0 amide bonds. The summed E-state index contributed by atoms with van der Waals surface area (Å²) in [5.74, 6) is 6.65. The third kappa shape index (κ3) is 3.82. The lowest BCUT2D eigenvalue weighted by atomic mass is 9.91. The van der Waals surface area contributed by atoms with Gasteiger partial charge in [-0.15, -0.1) is 0 Å². The van der Waals surface area contributed by atoms with Gasteiger partial charge < -0.3 is 4.74 Å². The van der Waals surface area contributed by atoms with E-state index in [0.29, 0.717) is 0 Å². The van der Waals surface area contributed by atoms with E-state index in [-0.39, 0.29) is 6.04 Å². The second kappa shape index (κ2) is 7.31. The van der Waals surface area contributed by atoms with E-state index in [1.54, 1.807) is 7.11 Å². The number of nitrogens with two attached hydrogens (primary N) is 1. The van der Waals surface area contributed by atoms with Gasteiger partial charge in [-0.2, -0.15) is 0 Å². The van der Waals surface area contributed by atoms with E-state index in [1.807, 2.05) is 12.1 Å². The fourth-order valence-electron chi connectivity index (χ4n) is 2.69. The number of allylic oxidation sites excluding steroid dienone is 1. The molecule has 0 heterocycles. The van der Waals surface area contributed by atoms with Gasteiger partial charge in [-0.3, -0.25) is 5.84 Å². The first-order valence-electron chi connectivity index (χ1n) is 7.14. The molecule has 1 atom stereocenters. The van der Waals surface area contributed by atoms with Crippen molar-refractivity contribution >= 4 is 0 Å². The van der Waals surface area contributed by atoms with Crippen LogP contribution in [0.3, 0.4) is 0 Å². The SMILES string of the molecule is COc1ccc(C(NN)/C2=C/CCCCCC2)cc1. The van der Waals surface area contributed by atoms with Gasteiger partial charge in [0.25, 0.3) is 0 Å². The monoisotopic (exact) mass is 260 g/mol. The fraction of sp³-hybridized carbons (Fsp3) is 0.500. The van der Waals surface area contributed by atoms with E-state index in [2.05, 4.69) is 23.6 Å². The highest BCUT2D eigenvalue weighted by molar-refractivity contribution is 5.33. The van der Waals surface area contributed by atoms with Crippen LogP contribution in [0.25, 0.3) is 0 Å². The number of nitrogens with one attached hydrogen (secondary N) is 1. The smallest absolute Gasteiger partial charge is 0.118 e. The minimum Gasteiger partial charge on any atom is -0.497 e. The lowest BCUT2D eigenvalue weighted by Gasteiger charge is -2.22. The molecule has 1 aromatic rings. The summed E-state index contributed by atoms with van der Waals surface area (Å²) < 4.78 is 5.20. The Hall–Kier alpha value is -1.32. The molecule has 104 valence electrons. The van der Waals surface area contributed by atoms with Crippen molar-refractivity contribution < 1.29 is 4.74 Å². The van der Waals surface area contributed by atoms with E-state index in [9.17, 15) is 0 Å². The fourth-order valence-corrected chi connectivity index (χ4v) is 2.69. The molecule has 0 spiro atoms. The summed E-state index contributed by atoms with van der Waals surface area (Å²) in [4.78, 5) is 0. The predicted molar refractivity (Wildman–Crippen MR) is 78.8 cm³/mol. The van der Waals surface area contributed by atoms with Crippen molar-refractivity contribution in [2.24, 2.45) is 5.84 Å². The Morgan fingerprint density at radius 2 is 1.84 bits per heavy atom. The zero-order chi connectivity index (χ0) is 13.5. The number of hydrazine groups is 1. The number of rotatable bonds is 4. The lowest BCUT2D eigenvalue weighted by molar-refractivity contribution is 0.414. The van der Waals surface area contributed by atoms with Crippen LogP contribution in [0.2, 0.25) is 0 Å². The summed E-state index contributed by atoms with van der Waals surface area (Å²) in [6, 6.07) is 8.28. The number of ether oxygens (including phenoxy) is 1. The zero-order valence-electron chi connectivity index (χ0n) is 11.7. The van der Waals surface area contributed by atoms with E-state index in [1.165, 1.54) is 43.2 Å². The second-order valence-corrected chi connectivity index (χ2v) is 5.10. The predicted octanol–water partition coefficient (Wildman–Crippen LogP) is 3.48. The first-order chi connectivity index (χ1) is 9.35. The van der Waals surface area contributed by atoms with Gasteiger partial charge in [-0.25, -0.2) is 5.43 Å². The zero-order valence-corrected chi connectivity index (χ0v) is 11.7. The number of hydrogen-bond donors (Lipinski definition) is 2. The number of methoxy groups -OCH3 is 1.